The molecule has 6 nitrogen and oxygen atoms in total. The van der Waals surface area contributed by atoms with Crippen LogP contribution in [0.4, 0.5) is 11.4 Å². The van der Waals surface area contributed by atoms with E-state index in [2.05, 4.69) is 137 Å². The molecule has 0 saturated carbocycles. The van der Waals surface area contributed by atoms with Gasteiger partial charge in [0.25, 0.3) is 0 Å². The van der Waals surface area contributed by atoms with Crippen molar-refractivity contribution in [3.63, 3.8) is 0 Å². The molecule has 42 heavy (non-hydrogen) atoms. The summed E-state index contributed by atoms with van der Waals surface area (Å²) in [7, 11) is 0. The zero-order valence-electron chi connectivity index (χ0n) is 23.6. The Balaban J connectivity index is 1.29. The van der Waals surface area contributed by atoms with E-state index in [-0.39, 0.29) is 12.1 Å². The normalized spacial score (nSPS) is 12.3. The van der Waals surface area contributed by atoms with Crippen LogP contribution in [0.25, 0.3) is 34.0 Å². The summed E-state index contributed by atoms with van der Waals surface area (Å²) in [6.07, 6.45) is 1.74. The minimum atomic E-state index is 0.181. The molecule has 0 aliphatic heterocycles. The van der Waals surface area contributed by atoms with Crippen molar-refractivity contribution < 1.29 is 0 Å². The minimum Gasteiger partial charge on any atom is -0.379 e. The molecule has 6 rings (SSSR count). The number of pyridine rings is 1. The Morgan fingerprint density at radius 1 is 0.500 bits per heavy atom. The summed E-state index contributed by atoms with van der Waals surface area (Å²) >= 11 is 0. The van der Waals surface area contributed by atoms with Gasteiger partial charge >= 0.3 is 0 Å². The number of rotatable bonds is 9. The van der Waals surface area contributed by atoms with Gasteiger partial charge in [-0.25, -0.2) is 4.98 Å². The van der Waals surface area contributed by atoms with Crippen molar-refractivity contribution in [3.8, 4) is 34.0 Å². The van der Waals surface area contributed by atoms with Crippen molar-refractivity contribution in [1.29, 1.82) is 0 Å². The van der Waals surface area contributed by atoms with E-state index in [1.54, 1.807) is 6.20 Å². The number of nitrogens with zero attached hydrogens (tertiary/aromatic N) is 4. The molecule has 6 heteroatoms. The lowest BCUT2D eigenvalue weighted by Gasteiger charge is -2.17. The lowest BCUT2D eigenvalue weighted by Crippen LogP contribution is -2.06. The smallest absolute Gasteiger partial charge is 0.201 e. The SMILES string of the molecule is CC(Nc1ccc(-c2nnc(-c3ccccn3)nc2-c2ccc(NC(C)c3ccccc3)cc2)cc1)c1ccccc1. The Morgan fingerprint density at radius 3 is 1.50 bits per heavy atom. The van der Waals surface area contributed by atoms with E-state index in [1.165, 1.54) is 11.1 Å². The highest BCUT2D eigenvalue weighted by Gasteiger charge is 2.16. The van der Waals surface area contributed by atoms with Crippen molar-refractivity contribution >= 4 is 11.4 Å². The molecule has 206 valence electrons. The Bertz CT molecular complexity index is 1720. The molecule has 0 bridgehead atoms. The van der Waals surface area contributed by atoms with Gasteiger partial charge in [0.05, 0.1) is 0 Å². The fraction of sp³-hybridized carbons (Fsp3) is 0.111. The molecule has 0 fully saturated rings. The highest BCUT2D eigenvalue weighted by Crippen LogP contribution is 2.32. The standard InChI is InChI=1S/C36H32N6/c1-25(27-11-5-3-6-12-27)38-31-20-16-29(17-21-31)34-35(41-42-36(40-34)33-15-9-10-24-37-33)30-18-22-32(23-19-30)39-26(2)28-13-7-4-8-14-28/h3-26,38-39H,1-2H3. The molecule has 2 atom stereocenters. The minimum absolute atomic E-state index is 0.181. The highest BCUT2D eigenvalue weighted by atomic mass is 15.2. The van der Waals surface area contributed by atoms with Crippen molar-refractivity contribution in [1.82, 2.24) is 20.2 Å². The van der Waals surface area contributed by atoms with Crippen LogP contribution in [0.2, 0.25) is 0 Å². The van der Waals surface area contributed by atoms with Gasteiger partial charge in [-0.05, 0) is 61.4 Å². The first kappa shape index (κ1) is 26.8. The maximum Gasteiger partial charge on any atom is 0.201 e. The largest absolute Gasteiger partial charge is 0.379 e. The van der Waals surface area contributed by atoms with E-state index in [0.29, 0.717) is 11.5 Å². The molecule has 0 aliphatic rings. The zero-order valence-corrected chi connectivity index (χ0v) is 23.6. The van der Waals surface area contributed by atoms with Crippen molar-refractivity contribution in [2.45, 2.75) is 25.9 Å². The van der Waals surface area contributed by atoms with Gasteiger partial charge in [-0.1, -0.05) is 91.0 Å². The van der Waals surface area contributed by atoms with Crippen LogP contribution in [0.5, 0.6) is 0 Å². The predicted octanol–water partition coefficient (Wildman–Crippen LogP) is 8.61. The quantitative estimate of drug-likeness (QED) is 0.188. The number of nitrogens with one attached hydrogen (secondary N) is 2. The van der Waals surface area contributed by atoms with Gasteiger partial charge in [-0.2, -0.15) is 0 Å². The third-order valence-electron chi connectivity index (χ3n) is 7.26. The zero-order chi connectivity index (χ0) is 28.7. The molecule has 6 aromatic rings. The average Bonchev–Trinajstić information content (AvgIpc) is 3.06. The van der Waals surface area contributed by atoms with Crippen LogP contribution in [0.3, 0.4) is 0 Å². The summed E-state index contributed by atoms with van der Waals surface area (Å²) in [6, 6.07) is 43.5. The second-order valence-electron chi connectivity index (χ2n) is 10.3. The van der Waals surface area contributed by atoms with Crippen LogP contribution in [0.15, 0.2) is 134 Å². The molecule has 2 aromatic heterocycles. The third kappa shape index (κ3) is 6.18. The van der Waals surface area contributed by atoms with E-state index < -0.39 is 0 Å². The van der Waals surface area contributed by atoms with Gasteiger partial charge in [0.15, 0.2) is 0 Å². The molecule has 0 saturated heterocycles. The molecule has 0 aliphatic carbocycles. The van der Waals surface area contributed by atoms with Crippen molar-refractivity contribution in [2.24, 2.45) is 0 Å². The van der Waals surface area contributed by atoms with Crippen LogP contribution in [-0.4, -0.2) is 20.2 Å². The Labute approximate surface area is 246 Å². The molecule has 0 amide bonds. The van der Waals surface area contributed by atoms with Gasteiger partial charge in [-0.3, -0.25) is 4.98 Å². The van der Waals surface area contributed by atoms with Crippen LogP contribution >= 0.6 is 0 Å². The first-order chi connectivity index (χ1) is 20.6. The van der Waals surface area contributed by atoms with E-state index in [9.17, 15) is 0 Å². The monoisotopic (exact) mass is 548 g/mol. The predicted molar refractivity (Wildman–Crippen MR) is 171 cm³/mol. The Morgan fingerprint density at radius 2 is 1.00 bits per heavy atom. The highest BCUT2D eigenvalue weighted by molar-refractivity contribution is 5.80. The summed E-state index contributed by atoms with van der Waals surface area (Å²) < 4.78 is 0. The molecule has 0 spiro atoms. The summed E-state index contributed by atoms with van der Waals surface area (Å²) in [5.41, 5.74) is 8.59. The molecular weight excluding hydrogens is 516 g/mol. The van der Waals surface area contributed by atoms with Crippen LogP contribution < -0.4 is 10.6 Å². The topological polar surface area (TPSA) is 75.6 Å². The summed E-state index contributed by atoms with van der Waals surface area (Å²) in [5.74, 6) is 0.490. The molecule has 2 N–H and O–H groups in total. The number of hydrogen-bond donors (Lipinski definition) is 2. The van der Waals surface area contributed by atoms with Crippen molar-refractivity contribution in [3.05, 3.63) is 145 Å². The number of aromatic nitrogens is 4. The number of hydrogen-bond acceptors (Lipinski definition) is 6. The summed E-state index contributed by atoms with van der Waals surface area (Å²) in [4.78, 5) is 9.41. The fourth-order valence-electron chi connectivity index (χ4n) is 4.92. The van der Waals surface area contributed by atoms with Gasteiger partial charge in [0, 0.05) is 40.8 Å². The summed E-state index contributed by atoms with van der Waals surface area (Å²) in [6.45, 7) is 4.32. The van der Waals surface area contributed by atoms with Crippen molar-refractivity contribution in [2.75, 3.05) is 10.6 Å². The maximum atomic E-state index is 4.97. The third-order valence-corrected chi connectivity index (χ3v) is 7.26. The Hall–Kier alpha value is -5.36. The van der Waals surface area contributed by atoms with E-state index in [1.807, 2.05) is 30.3 Å². The fourth-order valence-corrected chi connectivity index (χ4v) is 4.92. The number of benzene rings is 4. The van der Waals surface area contributed by atoms with Gasteiger partial charge in [-0.15, -0.1) is 10.2 Å². The maximum absolute atomic E-state index is 4.97. The van der Waals surface area contributed by atoms with Crippen LogP contribution in [-0.2, 0) is 0 Å². The van der Waals surface area contributed by atoms with Gasteiger partial charge in [0.2, 0.25) is 5.82 Å². The molecule has 0 radical (unpaired) electrons. The van der Waals surface area contributed by atoms with E-state index in [0.717, 1.165) is 33.9 Å². The first-order valence-electron chi connectivity index (χ1n) is 14.1. The summed E-state index contributed by atoms with van der Waals surface area (Å²) in [5, 5.41) is 16.3. The Kier molecular flexibility index (Phi) is 7.95. The average molecular weight is 549 g/mol. The second-order valence-corrected chi connectivity index (χ2v) is 10.3. The molecule has 2 heterocycles. The first-order valence-corrected chi connectivity index (χ1v) is 14.1. The van der Waals surface area contributed by atoms with Gasteiger partial charge < -0.3 is 10.6 Å². The lowest BCUT2D eigenvalue weighted by atomic mass is 10.0. The van der Waals surface area contributed by atoms with Crippen LogP contribution in [0.1, 0.15) is 37.1 Å². The molecule has 4 aromatic carbocycles. The van der Waals surface area contributed by atoms with Crippen LogP contribution in [0, 0.1) is 0 Å². The lowest BCUT2D eigenvalue weighted by molar-refractivity contribution is 0.885. The molecular formula is C36H32N6. The number of anilines is 2. The second kappa shape index (κ2) is 12.4. The van der Waals surface area contributed by atoms with Gasteiger partial charge in [0.1, 0.15) is 17.1 Å². The van der Waals surface area contributed by atoms with E-state index >= 15 is 0 Å². The molecule has 2 unspecified atom stereocenters. The van der Waals surface area contributed by atoms with E-state index in [4.69, 9.17) is 4.98 Å².